The van der Waals surface area contributed by atoms with Gasteiger partial charge in [-0.05, 0) is 203 Å². The molecule has 0 amide bonds. The van der Waals surface area contributed by atoms with Crippen LogP contribution in [0, 0.1) is 13.8 Å². The molecule has 0 spiro atoms. The zero-order valence-electron chi connectivity index (χ0n) is 48.5. The van der Waals surface area contributed by atoms with Crippen LogP contribution in [0.2, 0.25) is 0 Å². The molecule has 4 nitrogen and oxygen atoms in total. The van der Waals surface area contributed by atoms with Crippen LogP contribution in [0.3, 0.4) is 0 Å². The lowest BCUT2D eigenvalue weighted by Gasteiger charge is -2.43. The molecule has 4 heteroatoms. The maximum Gasteiger partial charge on any atom is 0.0504 e. The first kappa shape index (κ1) is 52.0. The highest BCUT2D eigenvalue weighted by Gasteiger charge is 2.40. The van der Waals surface area contributed by atoms with E-state index in [-0.39, 0.29) is 10.8 Å². The van der Waals surface area contributed by atoms with Gasteiger partial charge in [0.1, 0.15) is 0 Å². The zero-order valence-corrected chi connectivity index (χ0v) is 48.5. The van der Waals surface area contributed by atoms with E-state index < -0.39 is 0 Å². The summed E-state index contributed by atoms with van der Waals surface area (Å²) >= 11 is 0. The molecule has 12 aromatic carbocycles. The van der Waals surface area contributed by atoms with Crippen LogP contribution >= 0.6 is 0 Å². The van der Waals surface area contributed by atoms with Crippen LogP contribution < -0.4 is 19.6 Å². The van der Waals surface area contributed by atoms with E-state index in [0.717, 1.165) is 56.6 Å². The number of para-hydroxylation sites is 2. The van der Waals surface area contributed by atoms with Gasteiger partial charge in [-0.15, -0.1) is 0 Å². The largest absolute Gasteiger partial charge is 0.310 e. The minimum Gasteiger partial charge on any atom is -0.310 e. The number of nitrogens with zero attached hydrogens (tertiary/aromatic N) is 4. The Hall–Kier alpha value is -10.2. The second-order valence-corrected chi connectivity index (χ2v) is 23.6. The molecule has 0 fully saturated rings. The van der Waals surface area contributed by atoms with Crippen molar-refractivity contribution >= 4 is 68.2 Å². The van der Waals surface area contributed by atoms with Crippen molar-refractivity contribution in [1.29, 1.82) is 0 Å². The third-order valence-electron chi connectivity index (χ3n) is 17.5. The van der Waals surface area contributed by atoms with Crippen molar-refractivity contribution in [2.75, 3.05) is 19.6 Å². The van der Waals surface area contributed by atoms with E-state index in [1.807, 2.05) is 0 Å². The molecule has 2 heterocycles. The van der Waals surface area contributed by atoms with Gasteiger partial charge in [-0.3, -0.25) is 0 Å². The van der Waals surface area contributed by atoms with Crippen LogP contribution in [-0.2, 0) is 10.8 Å². The molecule has 0 aliphatic carbocycles. The maximum absolute atomic E-state index is 2.45. The number of rotatable bonds is 11. The molecule has 0 N–H and O–H groups in total. The summed E-state index contributed by atoms with van der Waals surface area (Å²) in [5.74, 6) is 0. The van der Waals surface area contributed by atoms with Crippen LogP contribution in [-0.4, -0.2) is 0 Å². The van der Waals surface area contributed by atoms with Gasteiger partial charge < -0.3 is 19.6 Å². The van der Waals surface area contributed by atoms with Crippen molar-refractivity contribution in [2.45, 2.75) is 52.4 Å². The second-order valence-electron chi connectivity index (χ2n) is 23.6. The van der Waals surface area contributed by atoms with Crippen molar-refractivity contribution in [3.63, 3.8) is 0 Å². The van der Waals surface area contributed by atoms with E-state index in [0.29, 0.717) is 0 Å². The van der Waals surface area contributed by atoms with Crippen LogP contribution in [0.25, 0.3) is 33.4 Å². The summed E-state index contributed by atoms with van der Waals surface area (Å²) in [6.45, 7) is 13.8. The fourth-order valence-corrected chi connectivity index (χ4v) is 12.9. The fourth-order valence-electron chi connectivity index (χ4n) is 12.9. The molecule has 0 bridgehead atoms. The number of benzene rings is 12. The number of hydrogen-bond donors (Lipinski definition) is 0. The molecule has 0 atom stereocenters. The standard InChI is InChI=1S/C80H66N4/c1-55-27-37-67(38-28-55)83-75-47-35-61(57-19-11-7-12-20-57)51-71(75)79(3,4)73-53-69(45-49-77(73)83)81(63-23-15-9-16-24-63)65-41-31-59(32-42-65)60-33-43-66(44-34-60)82(64-25-17-10-18-26-64)70-46-50-78-74(54-70)80(5,6)72-52-62(58-21-13-8-14-22-58)36-48-76(72)84(78)68-39-29-56(2)30-40-68/h7-54H,1-6H3. The Morgan fingerprint density at radius 1 is 0.238 bits per heavy atom. The highest BCUT2D eigenvalue weighted by Crippen LogP contribution is 2.56. The van der Waals surface area contributed by atoms with E-state index in [1.165, 1.54) is 78.4 Å². The van der Waals surface area contributed by atoms with Gasteiger partial charge in [0, 0.05) is 56.3 Å². The van der Waals surface area contributed by atoms with Crippen molar-refractivity contribution < 1.29 is 0 Å². The van der Waals surface area contributed by atoms with Gasteiger partial charge in [-0.1, -0.05) is 197 Å². The van der Waals surface area contributed by atoms with E-state index in [4.69, 9.17) is 0 Å². The summed E-state index contributed by atoms with van der Waals surface area (Å²) in [5.41, 5.74) is 27.8. The summed E-state index contributed by atoms with van der Waals surface area (Å²) in [6.07, 6.45) is 0. The average Bonchev–Trinajstić information content (AvgIpc) is 1.60. The number of fused-ring (bicyclic) bond motifs is 4. The Bertz CT molecular complexity index is 4060. The predicted molar refractivity (Wildman–Crippen MR) is 355 cm³/mol. The van der Waals surface area contributed by atoms with Gasteiger partial charge in [0.05, 0.1) is 22.7 Å². The van der Waals surface area contributed by atoms with Crippen molar-refractivity contribution in [3.05, 3.63) is 325 Å². The van der Waals surface area contributed by atoms with Crippen molar-refractivity contribution in [2.24, 2.45) is 0 Å². The summed E-state index contributed by atoms with van der Waals surface area (Å²) in [6, 6.07) is 107. The Morgan fingerprint density at radius 2 is 0.500 bits per heavy atom. The summed E-state index contributed by atoms with van der Waals surface area (Å²) in [7, 11) is 0. The number of hydrogen-bond acceptors (Lipinski definition) is 4. The minimum atomic E-state index is -0.319. The van der Waals surface area contributed by atoms with Gasteiger partial charge in [0.2, 0.25) is 0 Å². The maximum atomic E-state index is 2.45. The number of aryl methyl sites for hydroxylation is 2. The molecular weight excluding hydrogens is 1020 g/mol. The molecule has 0 unspecified atom stereocenters. The van der Waals surface area contributed by atoms with Crippen LogP contribution in [0.5, 0.6) is 0 Å². The molecule has 14 rings (SSSR count). The fraction of sp³-hybridized carbons (Fsp3) is 0.100. The van der Waals surface area contributed by atoms with E-state index in [2.05, 4.69) is 352 Å². The lowest BCUT2D eigenvalue weighted by atomic mass is 9.72. The average molecular weight is 1080 g/mol. The normalized spacial score (nSPS) is 13.5. The van der Waals surface area contributed by atoms with Crippen LogP contribution in [0.4, 0.5) is 68.2 Å². The summed E-state index contributed by atoms with van der Waals surface area (Å²) < 4.78 is 0. The van der Waals surface area contributed by atoms with Crippen molar-refractivity contribution in [3.8, 4) is 33.4 Å². The van der Waals surface area contributed by atoms with Gasteiger partial charge in [0.25, 0.3) is 0 Å². The topological polar surface area (TPSA) is 13.0 Å². The SMILES string of the molecule is Cc1ccc(N2c3ccc(-c4ccccc4)cc3C(C)(C)c3cc(N(c4ccccc4)c4ccc(-c5ccc(N(c6ccccc6)c6ccc7c(c6)C(C)(C)c6cc(-c8ccccc8)ccc6N7c6ccc(C)cc6)cc5)cc4)ccc32)cc1. The van der Waals surface area contributed by atoms with E-state index in [1.54, 1.807) is 0 Å². The highest BCUT2D eigenvalue weighted by atomic mass is 15.2. The Morgan fingerprint density at radius 3 is 0.845 bits per heavy atom. The smallest absolute Gasteiger partial charge is 0.0504 e. The summed E-state index contributed by atoms with van der Waals surface area (Å²) in [4.78, 5) is 9.70. The highest BCUT2D eigenvalue weighted by molar-refractivity contribution is 5.92. The molecule has 84 heavy (non-hydrogen) atoms. The predicted octanol–water partition coefficient (Wildman–Crippen LogP) is 22.5. The molecule has 2 aliphatic heterocycles. The Balaban J connectivity index is 0.814. The van der Waals surface area contributed by atoms with Crippen LogP contribution in [0.15, 0.2) is 291 Å². The van der Waals surface area contributed by atoms with Gasteiger partial charge >= 0.3 is 0 Å². The first-order valence-corrected chi connectivity index (χ1v) is 29.3. The third-order valence-corrected chi connectivity index (χ3v) is 17.5. The Labute approximate surface area is 495 Å². The van der Waals surface area contributed by atoms with Gasteiger partial charge in [-0.25, -0.2) is 0 Å². The molecule has 0 saturated carbocycles. The molecule has 0 aromatic heterocycles. The quantitative estimate of drug-likeness (QED) is 0.128. The lowest BCUT2D eigenvalue weighted by molar-refractivity contribution is 0.632. The van der Waals surface area contributed by atoms with Gasteiger partial charge in [-0.2, -0.15) is 0 Å². The second kappa shape index (κ2) is 21.0. The zero-order chi connectivity index (χ0) is 57.1. The van der Waals surface area contributed by atoms with Crippen LogP contribution in [0.1, 0.15) is 61.1 Å². The molecule has 406 valence electrons. The molecule has 0 radical (unpaired) electrons. The molecular formula is C80H66N4. The molecule has 12 aromatic rings. The first-order valence-electron chi connectivity index (χ1n) is 29.3. The Kier molecular flexibility index (Phi) is 13.0. The minimum absolute atomic E-state index is 0.319. The monoisotopic (exact) mass is 1080 g/mol. The van der Waals surface area contributed by atoms with Crippen molar-refractivity contribution in [1.82, 2.24) is 0 Å². The first-order chi connectivity index (χ1) is 41.0. The van der Waals surface area contributed by atoms with Gasteiger partial charge in [0.15, 0.2) is 0 Å². The third kappa shape index (κ3) is 9.21. The van der Waals surface area contributed by atoms with E-state index >= 15 is 0 Å². The summed E-state index contributed by atoms with van der Waals surface area (Å²) in [5, 5.41) is 0. The lowest BCUT2D eigenvalue weighted by Crippen LogP contribution is -2.31. The van der Waals surface area contributed by atoms with E-state index in [9.17, 15) is 0 Å². The molecule has 0 saturated heterocycles. The molecule has 2 aliphatic rings. The number of anilines is 12.